The minimum Gasteiger partial charge on any atom is -0.323 e. The summed E-state index contributed by atoms with van der Waals surface area (Å²) in [6.45, 7) is 4.30. The van der Waals surface area contributed by atoms with Gasteiger partial charge in [-0.3, -0.25) is 4.68 Å². The molecule has 0 bridgehead atoms. The van der Waals surface area contributed by atoms with E-state index in [0.717, 1.165) is 22.5 Å². The average molecular weight is 328 g/mol. The second-order valence-electron chi connectivity index (χ2n) is 6.10. The van der Waals surface area contributed by atoms with Crippen molar-refractivity contribution in [3.05, 3.63) is 16.4 Å². The molecule has 0 saturated heterocycles. The predicted octanol–water partition coefficient (Wildman–Crippen LogP) is 4.59. The number of nitrogens with zero attached hydrogens (tertiary/aromatic N) is 2. The number of aromatic nitrogens is 2. The molecule has 0 aromatic carbocycles. The molecule has 1 saturated carbocycles. The molecule has 0 aliphatic heterocycles. The van der Waals surface area contributed by atoms with Gasteiger partial charge in [-0.15, -0.1) is 0 Å². The van der Waals surface area contributed by atoms with Gasteiger partial charge in [-0.1, -0.05) is 32.1 Å². The normalized spacial score (nSPS) is 19.0. The van der Waals surface area contributed by atoms with E-state index in [2.05, 4.69) is 39.6 Å². The summed E-state index contributed by atoms with van der Waals surface area (Å²) in [6.07, 6.45) is 11.2. The van der Waals surface area contributed by atoms with Crippen LogP contribution in [0.3, 0.4) is 0 Å². The monoisotopic (exact) mass is 327 g/mol. The molecule has 1 unspecified atom stereocenters. The Bertz CT molecular complexity index is 394. The first kappa shape index (κ1) is 15.0. The summed E-state index contributed by atoms with van der Waals surface area (Å²) in [5, 5.41) is 4.42. The second kappa shape index (κ2) is 6.89. The standard InChI is InChI=1S/C15H26BrN3/c1-11(2)19-15(13(16)10-18-19)14(17)9-8-12-6-4-3-5-7-12/h10-12,14H,3-9,17H2,1-2H3. The van der Waals surface area contributed by atoms with Gasteiger partial charge in [0.1, 0.15) is 0 Å². The molecular formula is C15H26BrN3. The maximum atomic E-state index is 6.41. The summed E-state index contributed by atoms with van der Waals surface area (Å²) >= 11 is 3.59. The minimum absolute atomic E-state index is 0.0983. The summed E-state index contributed by atoms with van der Waals surface area (Å²) in [5.41, 5.74) is 7.56. The van der Waals surface area contributed by atoms with Crippen molar-refractivity contribution in [2.75, 3.05) is 0 Å². The molecule has 1 heterocycles. The lowest BCUT2D eigenvalue weighted by Gasteiger charge is -2.24. The van der Waals surface area contributed by atoms with Crippen molar-refractivity contribution in [2.45, 2.75) is 70.9 Å². The summed E-state index contributed by atoms with van der Waals surface area (Å²) in [5.74, 6) is 0.897. The number of nitrogens with two attached hydrogens (primary N) is 1. The number of halogens is 1. The fourth-order valence-electron chi connectivity index (χ4n) is 3.14. The lowest BCUT2D eigenvalue weighted by molar-refractivity contribution is 0.320. The van der Waals surface area contributed by atoms with E-state index < -0.39 is 0 Å². The van der Waals surface area contributed by atoms with Crippen LogP contribution in [0.5, 0.6) is 0 Å². The number of hydrogen-bond donors (Lipinski definition) is 1. The minimum atomic E-state index is 0.0983. The quantitative estimate of drug-likeness (QED) is 0.859. The number of rotatable bonds is 5. The summed E-state index contributed by atoms with van der Waals surface area (Å²) < 4.78 is 3.10. The Hall–Kier alpha value is -0.350. The fourth-order valence-corrected chi connectivity index (χ4v) is 3.70. The van der Waals surface area contributed by atoms with Gasteiger partial charge in [-0.2, -0.15) is 5.10 Å². The van der Waals surface area contributed by atoms with Crippen LogP contribution in [0, 0.1) is 5.92 Å². The predicted molar refractivity (Wildman–Crippen MR) is 83.0 cm³/mol. The fraction of sp³-hybridized carbons (Fsp3) is 0.800. The second-order valence-corrected chi connectivity index (χ2v) is 6.96. The Morgan fingerprint density at radius 3 is 2.68 bits per heavy atom. The van der Waals surface area contributed by atoms with Crippen LogP contribution in [0.1, 0.15) is 76.6 Å². The van der Waals surface area contributed by atoms with Crippen molar-refractivity contribution < 1.29 is 0 Å². The lowest BCUT2D eigenvalue weighted by Crippen LogP contribution is -2.19. The van der Waals surface area contributed by atoms with Gasteiger partial charge in [0.05, 0.1) is 16.4 Å². The van der Waals surface area contributed by atoms with Gasteiger partial charge < -0.3 is 5.73 Å². The summed E-state index contributed by atoms with van der Waals surface area (Å²) in [4.78, 5) is 0. The lowest BCUT2D eigenvalue weighted by atomic mass is 9.85. The smallest absolute Gasteiger partial charge is 0.0696 e. The molecule has 1 fully saturated rings. The van der Waals surface area contributed by atoms with Crippen molar-refractivity contribution in [1.29, 1.82) is 0 Å². The highest BCUT2D eigenvalue weighted by atomic mass is 79.9. The zero-order valence-corrected chi connectivity index (χ0v) is 13.7. The third-order valence-corrected chi connectivity index (χ3v) is 4.85. The van der Waals surface area contributed by atoms with E-state index in [1.54, 1.807) is 0 Å². The molecule has 19 heavy (non-hydrogen) atoms. The van der Waals surface area contributed by atoms with Crippen LogP contribution in [-0.4, -0.2) is 9.78 Å². The van der Waals surface area contributed by atoms with Gasteiger partial charge in [-0.05, 0) is 48.5 Å². The molecular weight excluding hydrogens is 302 g/mol. The SMILES string of the molecule is CC(C)n1ncc(Br)c1C(N)CCC1CCCCC1. The van der Waals surface area contributed by atoms with Crippen LogP contribution in [0.2, 0.25) is 0 Å². The Balaban J connectivity index is 1.95. The molecule has 2 N–H and O–H groups in total. The molecule has 2 rings (SSSR count). The van der Waals surface area contributed by atoms with Crippen molar-refractivity contribution in [3.8, 4) is 0 Å². The Morgan fingerprint density at radius 1 is 1.37 bits per heavy atom. The zero-order chi connectivity index (χ0) is 13.8. The van der Waals surface area contributed by atoms with E-state index in [-0.39, 0.29) is 6.04 Å². The Kier molecular flexibility index (Phi) is 5.46. The first-order valence-corrected chi connectivity index (χ1v) is 8.37. The van der Waals surface area contributed by atoms with Gasteiger partial charge >= 0.3 is 0 Å². The molecule has 1 aromatic rings. The first-order valence-electron chi connectivity index (χ1n) is 7.58. The molecule has 3 nitrogen and oxygen atoms in total. The van der Waals surface area contributed by atoms with Gasteiger partial charge in [0.25, 0.3) is 0 Å². The molecule has 1 aliphatic rings. The van der Waals surface area contributed by atoms with Crippen LogP contribution < -0.4 is 5.73 Å². The topological polar surface area (TPSA) is 43.8 Å². The van der Waals surface area contributed by atoms with Crippen molar-refractivity contribution in [2.24, 2.45) is 11.7 Å². The highest BCUT2D eigenvalue weighted by Crippen LogP contribution is 2.32. The van der Waals surface area contributed by atoms with Gasteiger partial charge in [0, 0.05) is 12.1 Å². The number of hydrogen-bond acceptors (Lipinski definition) is 2. The van der Waals surface area contributed by atoms with Crippen LogP contribution in [0.4, 0.5) is 0 Å². The van der Waals surface area contributed by atoms with E-state index in [9.17, 15) is 0 Å². The first-order chi connectivity index (χ1) is 9.09. The van der Waals surface area contributed by atoms with Crippen LogP contribution >= 0.6 is 15.9 Å². The molecule has 0 amide bonds. The maximum absolute atomic E-state index is 6.41. The summed E-state index contributed by atoms with van der Waals surface area (Å²) in [6, 6.07) is 0.461. The third kappa shape index (κ3) is 3.82. The van der Waals surface area contributed by atoms with E-state index in [1.165, 1.54) is 38.5 Å². The highest BCUT2D eigenvalue weighted by Gasteiger charge is 2.20. The molecule has 108 valence electrons. The molecule has 0 spiro atoms. The molecule has 1 aliphatic carbocycles. The Labute approximate surface area is 125 Å². The maximum Gasteiger partial charge on any atom is 0.0696 e. The van der Waals surface area contributed by atoms with E-state index in [1.807, 2.05) is 6.20 Å². The van der Waals surface area contributed by atoms with Gasteiger partial charge in [0.15, 0.2) is 0 Å². The largest absolute Gasteiger partial charge is 0.323 e. The third-order valence-electron chi connectivity index (χ3n) is 4.24. The molecule has 1 aromatic heterocycles. The molecule has 1 atom stereocenters. The highest BCUT2D eigenvalue weighted by molar-refractivity contribution is 9.10. The van der Waals surface area contributed by atoms with E-state index in [4.69, 9.17) is 5.73 Å². The molecule has 0 radical (unpaired) electrons. The van der Waals surface area contributed by atoms with E-state index in [0.29, 0.717) is 6.04 Å². The van der Waals surface area contributed by atoms with Gasteiger partial charge in [0.2, 0.25) is 0 Å². The van der Waals surface area contributed by atoms with Crippen LogP contribution in [0.25, 0.3) is 0 Å². The Morgan fingerprint density at radius 2 is 2.05 bits per heavy atom. The van der Waals surface area contributed by atoms with Crippen molar-refractivity contribution in [1.82, 2.24) is 9.78 Å². The average Bonchev–Trinajstić information content (AvgIpc) is 2.79. The van der Waals surface area contributed by atoms with Crippen LogP contribution in [-0.2, 0) is 0 Å². The van der Waals surface area contributed by atoms with Crippen molar-refractivity contribution in [3.63, 3.8) is 0 Å². The van der Waals surface area contributed by atoms with Gasteiger partial charge in [-0.25, -0.2) is 0 Å². The van der Waals surface area contributed by atoms with E-state index >= 15 is 0 Å². The zero-order valence-electron chi connectivity index (χ0n) is 12.1. The summed E-state index contributed by atoms with van der Waals surface area (Å²) in [7, 11) is 0. The molecule has 4 heteroatoms. The van der Waals surface area contributed by atoms with Crippen molar-refractivity contribution >= 4 is 15.9 Å². The van der Waals surface area contributed by atoms with Crippen LogP contribution in [0.15, 0.2) is 10.7 Å².